The van der Waals surface area contributed by atoms with Crippen LogP contribution in [0.5, 0.6) is 0 Å². The third kappa shape index (κ3) is 2.88. The summed E-state index contributed by atoms with van der Waals surface area (Å²) >= 11 is 0. The van der Waals surface area contributed by atoms with E-state index in [-0.39, 0.29) is 0 Å². The molecule has 3 fully saturated rings. The summed E-state index contributed by atoms with van der Waals surface area (Å²) in [6.07, 6.45) is 8.51. The van der Waals surface area contributed by atoms with Crippen molar-refractivity contribution >= 4 is 5.91 Å². The van der Waals surface area contributed by atoms with Crippen molar-refractivity contribution in [3.8, 4) is 0 Å². The van der Waals surface area contributed by atoms with Crippen LogP contribution in [0.15, 0.2) is 0 Å². The number of carbonyl (C=O) groups is 1. The summed E-state index contributed by atoms with van der Waals surface area (Å²) in [5.41, 5.74) is 0.379. The zero-order valence-electron chi connectivity index (χ0n) is 13.1. The zero-order chi connectivity index (χ0) is 14.2. The first-order chi connectivity index (χ1) is 9.61. The second-order valence-electron chi connectivity index (χ2n) is 7.73. The summed E-state index contributed by atoms with van der Waals surface area (Å²) in [4.78, 5) is 12.4. The van der Waals surface area contributed by atoms with Gasteiger partial charge in [-0.15, -0.1) is 0 Å². The monoisotopic (exact) mass is 278 g/mol. The van der Waals surface area contributed by atoms with Crippen molar-refractivity contribution in [1.29, 1.82) is 0 Å². The van der Waals surface area contributed by atoms with Crippen molar-refractivity contribution in [3.63, 3.8) is 0 Å². The van der Waals surface area contributed by atoms with E-state index < -0.39 is 0 Å². The Morgan fingerprint density at radius 1 is 1.15 bits per heavy atom. The molecule has 0 aromatic rings. The second-order valence-corrected chi connectivity index (χ2v) is 7.73. The highest BCUT2D eigenvalue weighted by Gasteiger charge is 2.57. The Labute approximate surface area is 123 Å². The van der Waals surface area contributed by atoms with E-state index in [1.165, 1.54) is 38.5 Å². The molecule has 2 N–H and O–H groups in total. The molecule has 3 heteroatoms. The quantitative estimate of drug-likeness (QED) is 0.833. The topological polar surface area (TPSA) is 41.1 Å². The van der Waals surface area contributed by atoms with Gasteiger partial charge in [-0.1, -0.05) is 13.8 Å². The van der Waals surface area contributed by atoms with Crippen LogP contribution in [0, 0.1) is 23.2 Å². The van der Waals surface area contributed by atoms with E-state index in [1.807, 2.05) is 0 Å². The average Bonchev–Trinajstić information content (AvgIpc) is 3.14. The maximum Gasteiger partial charge on any atom is 0.223 e. The van der Waals surface area contributed by atoms with Crippen LogP contribution in [0.2, 0.25) is 0 Å². The molecule has 1 amide bonds. The van der Waals surface area contributed by atoms with Crippen LogP contribution in [0.3, 0.4) is 0 Å². The van der Waals surface area contributed by atoms with Gasteiger partial charge in [-0.2, -0.15) is 0 Å². The molecule has 20 heavy (non-hydrogen) atoms. The smallest absolute Gasteiger partial charge is 0.223 e. The standard InChI is InChI=1S/C17H30N2O/c1-12(2)13-3-5-14(6-4-13)19-16(20)15-11-17(15)7-9-18-10-8-17/h12-15,18H,3-11H2,1-2H3,(H,19,20). The first-order valence-electron chi connectivity index (χ1n) is 8.62. The molecule has 2 saturated carbocycles. The van der Waals surface area contributed by atoms with Gasteiger partial charge in [-0.05, 0) is 75.3 Å². The van der Waals surface area contributed by atoms with Crippen molar-refractivity contribution in [3.05, 3.63) is 0 Å². The van der Waals surface area contributed by atoms with E-state index in [4.69, 9.17) is 0 Å². The van der Waals surface area contributed by atoms with Gasteiger partial charge in [0.1, 0.15) is 0 Å². The third-order valence-electron chi connectivity index (χ3n) is 6.17. The normalized spacial score (nSPS) is 36.0. The van der Waals surface area contributed by atoms with Gasteiger partial charge >= 0.3 is 0 Å². The molecule has 0 bridgehead atoms. The van der Waals surface area contributed by atoms with Crippen LogP contribution < -0.4 is 10.6 Å². The Kier molecular flexibility index (Phi) is 4.07. The van der Waals surface area contributed by atoms with Crippen LogP contribution in [-0.4, -0.2) is 25.0 Å². The molecule has 0 aromatic carbocycles. The fourth-order valence-electron chi connectivity index (χ4n) is 4.43. The van der Waals surface area contributed by atoms with E-state index in [0.29, 0.717) is 23.3 Å². The fraction of sp³-hybridized carbons (Fsp3) is 0.941. The molecule has 1 unspecified atom stereocenters. The predicted molar refractivity (Wildman–Crippen MR) is 81.4 cm³/mol. The number of hydrogen-bond acceptors (Lipinski definition) is 2. The van der Waals surface area contributed by atoms with Crippen molar-refractivity contribution in [2.75, 3.05) is 13.1 Å². The maximum atomic E-state index is 12.4. The van der Waals surface area contributed by atoms with Crippen molar-refractivity contribution in [2.45, 2.75) is 64.8 Å². The number of nitrogens with one attached hydrogen (secondary N) is 2. The molecule has 1 saturated heterocycles. The molecule has 1 spiro atoms. The lowest BCUT2D eigenvalue weighted by Crippen LogP contribution is -2.40. The van der Waals surface area contributed by atoms with Crippen LogP contribution in [0.4, 0.5) is 0 Å². The van der Waals surface area contributed by atoms with Crippen LogP contribution in [0.25, 0.3) is 0 Å². The Morgan fingerprint density at radius 3 is 2.40 bits per heavy atom. The third-order valence-corrected chi connectivity index (χ3v) is 6.17. The molecule has 0 aromatic heterocycles. The highest BCUT2D eigenvalue weighted by atomic mass is 16.2. The lowest BCUT2D eigenvalue weighted by atomic mass is 9.79. The van der Waals surface area contributed by atoms with Gasteiger partial charge in [0.2, 0.25) is 5.91 Å². The Morgan fingerprint density at radius 2 is 1.80 bits per heavy atom. The van der Waals surface area contributed by atoms with E-state index in [1.54, 1.807) is 0 Å². The lowest BCUT2D eigenvalue weighted by Gasteiger charge is -2.31. The fourth-order valence-corrected chi connectivity index (χ4v) is 4.43. The van der Waals surface area contributed by atoms with E-state index >= 15 is 0 Å². The number of rotatable bonds is 3. The number of piperidine rings is 1. The van der Waals surface area contributed by atoms with Crippen LogP contribution >= 0.6 is 0 Å². The van der Waals surface area contributed by atoms with Crippen molar-refractivity contribution in [2.24, 2.45) is 23.2 Å². The molecule has 3 rings (SSSR count). The molecular weight excluding hydrogens is 248 g/mol. The molecule has 1 atom stereocenters. The van der Waals surface area contributed by atoms with Gasteiger partial charge in [-0.25, -0.2) is 0 Å². The minimum atomic E-state index is 0.326. The Balaban J connectivity index is 1.44. The summed E-state index contributed by atoms with van der Waals surface area (Å²) in [7, 11) is 0. The van der Waals surface area contributed by atoms with Gasteiger partial charge in [0.25, 0.3) is 0 Å². The molecule has 0 radical (unpaired) electrons. The molecular formula is C17H30N2O. The molecule has 114 valence electrons. The van der Waals surface area contributed by atoms with Crippen molar-refractivity contribution < 1.29 is 4.79 Å². The molecule has 1 aliphatic heterocycles. The van der Waals surface area contributed by atoms with Gasteiger partial charge in [0, 0.05) is 12.0 Å². The van der Waals surface area contributed by atoms with Crippen LogP contribution in [0.1, 0.15) is 58.8 Å². The van der Waals surface area contributed by atoms with E-state index in [9.17, 15) is 4.79 Å². The van der Waals surface area contributed by atoms with Gasteiger partial charge in [0.15, 0.2) is 0 Å². The average molecular weight is 278 g/mol. The maximum absolute atomic E-state index is 12.4. The molecule has 1 heterocycles. The first kappa shape index (κ1) is 14.4. The number of carbonyl (C=O) groups excluding carboxylic acids is 1. The Bertz CT molecular complexity index is 352. The summed E-state index contributed by atoms with van der Waals surface area (Å²) in [6.45, 7) is 6.86. The van der Waals surface area contributed by atoms with Crippen molar-refractivity contribution in [1.82, 2.24) is 10.6 Å². The highest BCUT2D eigenvalue weighted by Crippen LogP contribution is 2.58. The van der Waals surface area contributed by atoms with E-state index in [2.05, 4.69) is 24.5 Å². The Hall–Kier alpha value is -0.570. The summed E-state index contributed by atoms with van der Waals surface area (Å²) in [6, 6.07) is 0.455. The van der Waals surface area contributed by atoms with Gasteiger partial charge in [0.05, 0.1) is 0 Å². The van der Waals surface area contributed by atoms with Gasteiger partial charge in [-0.3, -0.25) is 4.79 Å². The highest BCUT2D eigenvalue weighted by molar-refractivity contribution is 5.82. The largest absolute Gasteiger partial charge is 0.353 e. The number of amides is 1. The number of hydrogen-bond donors (Lipinski definition) is 2. The summed E-state index contributed by atoms with van der Waals surface area (Å²) in [5.74, 6) is 2.36. The predicted octanol–water partition coefficient (Wildman–Crippen LogP) is 2.71. The molecule has 3 aliphatic rings. The minimum Gasteiger partial charge on any atom is -0.353 e. The summed E-state index contributed by atoms with van der Waals surface area (Å²) in [5, 5.41) is 6.76. The second kappa shape index (κ2) is 5.67. The molecule has 3 nitrogen and oxygen atoms in total. The van der Waals surface area contributed by atoms with Crippen LogP contribution in [-0.2, 0) is 4.79 Å². The van der Waals surface area contributed by atoms with Gasteiger partial charge < -0.3 is 10.6 Å². The zero-order valence-corrected chi connectivity index (χ0v) is 13.1. The lowest BCUT2D eigenvalue weighted by molar-refractivity contribution is -0.124. The van der Waals surface area contributed by atoms with E-state index in [0.717, 1.165) is 31.3 Å². The molecule has 2 aliphatic carbocycles. The summed E-state index contributed by atoms with van der Waals surface area (Å²) < 4.78 is 0. The minimum absolute atomic E-state index is 0.326. The SMILES string of the molecule is CC(C)C1CCC(NC(=O)C2CC23CCNCC3)CC1. The first-order valence-corrected chi connectivity index (χ1v) is 8.62.